The predicted octanol–water partition coefficient (Wildman–Crippen LogP) is 2.93. The minimum Gasteiger partial charge on any atom is -0.390 e. The van der Waals surface area contributed by atoms with Gasteiger partial charge in [-0.05, 0) is 54.9 Å². The van der Waals surface area contributed by atoms with E-state index in [0.29, 0.717) is 11.8 Å². The molecule has 1 N–H and O–H groups in total. The minimum atomic E-state index is -0.246. The average Bonchev–Trinajstić information content (AvgIpc) is 2.57. The Hall–Kier alpha value is -0.900. The minimum absolute atomic E-state index is 0.0653. The van der Waals surface area contributed by atoms with E-state index < -0.39 is 0 Å². The fraction of sp³-hybridized carbons (Fsp3) is 0.700. The molecule has 3 heteroatoms. The molecule has 6 atom stereocenters. The maximum atomic E-state index is 10.7. The van der Waals surface area contributed by atoms with Gasteiger partial charge in [-0.25, -0.2) is 0 Å². The van der Waals surface area contributed by atoms with Gasteiger partial charge in [0.1, 0.15) is 0 Å². The van der Waals surface area contributed by atoms with Crippen molar-refractivity contribution in [3.05, 3.63) is 35.9 Å². The molecule has 126 valence electrons. The molecule has 23 heavy (non-hydrogen) atoms. The van der Waals surface area contributed by atoms with E-state index in [1.165, 1.54) is 37.9 Å². The van der Waals surface area contributed by atoms with Gasteiger partial charge in [0, 0.05) is 26.7 Å². The summed E-state index contributed by atoms with van der Waals surface area (Å²) in [5, 5.41) is 10.7. The summed E-state index contributed by atoms with van der Waals surface area (Å²) in [6.45, 7) is 3.48. The van der Waals surface area contributed by atoms with Gasteiger partial charge in [0.15, 0.2) is 0 Å². The molecule has 6 unspecified atom stereocenters. The van der Waals surface area contributed by atoms with Gasteiger partial charge in [-0.1, -0.05) is 30.3 Å². The first kappa shape index (κ1) is 15.6. The van der Waals surface area contributed by atoms with Crippen molar-refractivity contribution in [2.24, 2.45) is 23.7 Å². The fourth-order valence-electron chi connectivity index (χ4n) is 5.61. The van der Waals surface area contributed by atoms with Crippen LogP contribution in [0.15, 0.2) is 30.3 Å². The molecular formula is C20H29NO2. The summed E-state index contributed by atoms with van der Waals surface area (Å²) < 4.78 is 5.51. The second kappa shape index (κ2) is 6.54. The normalized spacial score (nSPS) is 40.6. The molecule has 1 aromatic carbocycles. The van der Waals surface area contributed by atoms with Gasteiger partial charge < -0.3 is 9.84 Å². The Kier molecular flexibility index (Phi) is 4.44. The number of aliphatic hydroxyl groups excluding tert-OH is 1. The van der Waals surface area contributed by atoms with Crippen molar-refractivity contribution < 1.29 is 9.84 Å². The predicted molar refractivity (Wildman–Crippen MR) is 91.0 cm³/mol. The molecule has 0 spiro atoms. The van der Waals surface area contributed by atoms with E-state index in [1.807, 2.05) is 0 Å². The van der Waals surface area contributed by atoms with Crippen LogP contribution in [-0.4, -0.2) is 42.4 Å². The first-order valence-corrected chi connectivity index (χ1v) is 9.21. The lowest BCUT2D eigenvalue weighted by Gasteiger charge is -2.53. The van der Waals surface area contributed by atoms with Crippen molar-refractivity contribution in [1.29, 1.82) is 0 Å². The number of methoxy groups -OCH3 is 1. The van der Waals surface area contributed by atoms with Gasteiger partial charge >= 0.3 is 0 Å². The zero-order valence-electron chi connectivity index (χ0n) is 14.1. The third-order valence-corrected chi connectivity index (χ3v) is 6.56. The van der Waals surface area contributed by atoms with Crippen LogP contribution >= 0.6 is 0 Å². The second-order valence-corrected chi connectivity index (χ2v) is 7.95. The van der Waals surface area contributed by atoms with Crippen LogP contribution in [0.5, 0.6) is 0 Å². The van der Waals surface area contributed by atoms with Crippen LogP contribution < -0.4 is 0 Å². The molecule has 0 amide bonds. The quantitative estimate of drug-likeness (QED) is 0.931. The summed E-state index contributed by atoms with van der Waals surface area (Å²) in [6.07, 6.45) is 4.64. The Morgan fingerprint density at radius 3 is 2.70 bits per heavy atom. The molecule has 0 radical (unpaired) electrons. The Balaban J connectivity index is 1.45. The monoisotopic (exact) mass is 315 g/mol. The second-order valence-electron chi connectivity index (χ2n) is 7.95. The largest absolute Gasteiger partial charge is 0.390 e. The van der Waals surface area contributed by atoms with Crippen LogP contribution in [0, 0.1) is 23.7 Å². The van der Waals surface area contributed by atoms with Crippen molar-refractivity contribution in [2.45, 2.75) is 44.4 Å². The molecule has 1 aromatic rings. The summed E-state index contributed by atoms with van der Waals surface area (Å²) in [5.74, 6) is 2.69. The molecule has 1 saturated heterocycles. The topological polar surface area (TPSA) is 32.7 Å². The van der Waals surface area contributed by atoms with Gasteiger partial charge in [0.05, 0.1) is 12.2 Å². The number of likely N-dealkylation sites (tertiary alicyclic amines) is 1. The van der Waals surface area contributed by atoms with Crippen molar-refractivity contribution in [2.75, 3.05) is 20.2 Å². The summed E-state index contributed by atoms with van der Waals surface area (Å²) in [7, 11) is 1.75. The van der Waals surface area contributed by atoms with Gasteiger partial charge in [-0.3, -0.25) is 4.90 Å². The van der Waals surface area contributed by atoms with Crippen LogP contribution in [0.25, 0.3) is 0 Å². The smallest absolute Gasteiger partial charge is 0.0833 e. The third-order valence-electron chi connectivity index (χ3n) is 6.56. The Labute approximate surface area is 139 Å². The lowest BCUT2D eigenvalue weighted by molar-refractivity contribution is -0.129. The molecule has 2 saturated carbocycles. The summed E-state index contributed by atoms with van der Waals surface area (Å²) in [6, 6.07) is 10.8. The molecule has 3 aliphatic rings. The van der Waals surface area contributed by atoms with Crippen LogP contribution in [-0.2, 0) is 11.3 Å². The van der Waals surface area contributed by atoms with Crippen molar-refractivity contribution in [3.8, 4) is 0 Å². The summed E-state index contributed by atoms with van der Waals surface area (Å²) in [4.78, 5) is 2.65. The molecule has 3 fully saturated rings. The van der Waals surface area contributed by atoms with E-state index in [4.69, 9.17) is 4.74 Å². The van der Waals surface area contributed by atoms with E-state index in [2.05, 4.69) is 35.2 Å². The molecular weight excluding hydrogens is 286 g/mol. The van der Waals surface area contributed by atoms with Crippen LogP contribution in [0.4, 0.5) is 0 Å². The summed E-state index contributed by atoms with van der Waals surface area (Å²) >= 11 is 0. The Morgan fingerprint density at radius 1 is 1.09 bits per heavy atom. The van der Waals surface area contributed by atoms with E-state index in [0.717, 1.165) is 24.8 Å². The molecule has 1 heterocycles. The van der Waals surface area contributed by atoms with Gasteiger partial charge in [-0.15, -0.1) is 0 Å². The molecule has 3 nitrogen and oxygen atoms in total. The first-order chi connectivity index (χ1) is 11.2. The maximum Gasteiger partial charge on any atom is 0.0833 e. The summed E-state index contributed by atoms with van der Waals surface area (Å²) in [5.41, 5.74) is 1.42. The molecule has 0 aromatic heterocycles. The fourth-order valence-corrected chi connectivity index (χ4v) is 5.61. The maximum absolute atomic E-state index is 10.7. The van der Waals surface area contributed by atoms with Gasteiger partial charge in [0.25, 0.3) is 0 Å². The van der Waals surface area contributed by atoms with Gasteiger partial charge in [-0.2, -0.15) is 0 Å². The molecule has 4 rings (SSSR count). The average molecular weight is 315 g/mol. The first-order valence-electron chi connectivity index (χ1n) is 9.21. The van der Waals surface area contributed by atoms with Crippen molar-refractivity contribution in [1.82, 2.24) is 4.90 Å². The van der Waals surface area contributed by atoms with E-state index in [-0.39, 0.29) is 12.2 Å². The Morgan fingerprint density at radius 2 is 1.91 bits per heavy atom. The van der Waals surface area contributed by atoms with E-state index in [1.54, 1.807) is 7.11 Å². The number of rotatable bonds is 3. The number of nitrogens with zero attached hydrogens (tertiary/aromatic N) is 1. The number of benzene rings is 1. The molecule has 2 bridgehead atoms. The van der Waals surface area contributed by atoms with Crippen LogP contribution in [0.3, 0.4) is 0 Å². The lowest BCUT2D eigenvalue weighted by atomic mass is 9.59. The molecule has 1 aliphatic heterocycles. The third kappa shape index (κ3) is 3.07. The van der Waals surface area contributed by atoms with Gasteiger partial charge in [0.2, 0.25) is 0 Å². The number of aliphatic hydroxyl groups is 1. The highest BCUT2D eigenvalue weighted by Crippen LogP contribution is 2.49. The highest BCUT2D eigenvalue weighted by molar-refractivity contribution is 5.14. The number of hydrogen-bond donors (Lipinski definition) is 1. The molecule has 2 aliphatic carbocycles. The number of piperidine rings is 1. The van der Waals surface area contributed by atoms with Crippen molar-refractivity contribution in [3.63, 3.8) is 0 Å². The highest BCUT2D eigenvalue weighted by Gasteiger charge is 2.48. The van der Waals surface area contributed by atoms with Crippen LogP contribution in [0.1, 0.15) is 31.2 Å². The SMILES string of the molecule is COC1CCC2C3CC(CC2C1O)CN(Cc1ccccc1)C3. The number of hydrogen-bond acceptors (Lipinski definition) is 3. The Bertz CT molecular complexity index is 520. The highest BCUT2D eigenvalue weighted by atomic mass is 16.5. The van der Waals surface area contributed by atoms with E-state index >= 15 is 0 Å². The van der Waals surface area contributed by atoms with Crippen molar-refractivity contribution >= 4 is 0 Å². The van der Waals surface area contributed by atoms with Crippen LogP contribution in [0.2, 0.25) is 0 Å². The zero-order chi connectivity index (χ0) is 15.8. The van der Waals surface area contributed by atoms with E-state index in [9.17, 15) is 5.11 Å². The zero-order valence-corrected chi connectivity index (χ0v) is 14.1. The lowest BCUT2D eigenvalue weighted by Crippen LogP contribution is -2.55. The number of ether oxygens (including phenoxy) is 1. The standard InChI is InChI=1S/C20H29NO2/c1-23-19-8-7-17-16-9-15(10-18(17)20(19)22)12-21(13-16)11-14-5-3-2-4-6-14/h2-6,15-20,22H,7-13H2,1H3. The number of fused-ring (bicyclic) bond motifs is 4.